The molecule has 1 rings (SSSR count). The second-order valence-corrected chi connectivity index (χ2v) is 9.82. The molecule has 0 unspecified atom stereocenters. The monoisotopic (exact) mass is 464 g/mol. The van der Waals surface area contributed by atoms with Gasteiger partial charge in [0.2, 0.25) is 0 Å². The van der Waals surface area contributed by atoms with E-state index in [2.05, 4.69) is 68.5 Å². The summed E-state index contributed by atoms with van der Waals surface area (Å²) in [7, 11) is -2.87. The Hall–Kier alpha value is 0.0469. The number of benzene rings is 1. The third-order valence-corrected chi connectivity index (χ3v) is 8.10. The molecule has 0 fully saturated rings. The van der Waals surface area contributed by atoms with Crippen molar-refractivity contribution in [2.75, 3.05) is 19.8 Å². The molecule has 0 saturated heterocycles. The number of halogens is 1. The molecule has 0 amide bonds. The molecule has 0 atom stereocenters. The minimum Gasteiger partial charge on any atom is -0.370 e. The van der Waals surface area contributed by atoms with Gasteiger partial charge in [0.15, 0.2) is 0 Å². The molecule has 0 heterocycles. The Morgan fingerprint density at radius 3 is 1.71 bits per heavy atom. The molecule has 0 spiro atoms. The fraction of sp³-hybridized carbons (Fsp3) is 0.684. The number of aryl methyl sites for hydroxylation is 1. The summed E-state index contributed by atoms with van der Waals surface area (Å²) in [5.41, 5.74) is 1.22. The van der Waals surface area contributed by atoms with Crippen molar-refractivity contribution in [2.45, 2.75) is 66.2 Å². The molecule has 0 aromatic heterocycles. The average molecular weight is 464 g/mol. The van der Waals surface area contributed by atoms with Gasteiger partial charge in [-0.05, 0) is 54.8 Å². The van der Waals surface area contributed by atoms with Gasteiger partial charge >= 0.3 is 8.80 Å². The average Bonchev–Trinajstić information content (AvgIpc) is 2.57. The summed E-state index contributed by atoms with van der Waals surface area (Å²) in [5.74, 6) is 0. The third kappa shape index (κ3) is 7.12. The quantitative estimate of drug-likeness (QED) is 0.228. The van der Waals surface area contributed by atoms with Crippen molar-refractivity contribution in [3.63, 3.8) is 0 Å². The molecular weight excluding hydrogens is 431 g/mol. The van der Waals surface area contributed by atoms with E-state index in [0.29, 0.717) is 19.8 Å². The molecule has 5 heteroatoms. The van der Waals surface area contributed by atoms with Crippen LogP contribution in [-0.4, -0.2) is 28.6 Å². The molecule has 0 N–H and O–H groups in total. The van der Waals surface area contributed by atoms with Gasteiger partial charge in [0.1, 0.15) is 0 Å². The molecule has 0 aliphatic heterocycles. The topological polar surface area (TPSA) is 27.7 Å². The van der Waals surface area contributed by atoms with E-state index in [4.69, 9.17) is 13.3 Å². The van der Waals surface area contributed by atoms with Gasteiger partial charge < -0.3 is 13.3 Å². The predicted molar refractivity (Wildman–Crippen MR) is 112 cm³/mol. The number of rotatable bonds is 13. The molecule has 1 aromatic rings. The summed E-state index contributed by atoms with van der Waals surface area (Å²) >= 11 is 2.38. The number of hydrogen-bond acceptors (Lipinski definition) is 3. The van der Waals surface area contributed by atoms with Crippen molar-refractivity contribution in [2.24, 2.45) is 0 Å². The Balaban J connectivity index is 3.11. The van der Waals surface area contributed by atoms with Crippen LogP contribution < -0.4 is 5.19 Å². The highest BCUT2D eigenvalue weighted by molar-refractivity contribution is 14.1. The number of unbranched alkanes of at least 4 members (excludes halogenated alkanes) is 3. The second kappa shape index (κ2) is 12.4. The second-order valence-electron chi connectivity index (χ2n) is 6.15. The molecule has 3 nitrogen and oxygen atoms in total. The molecular formula is C19H33IO3Si. The lowest BCUT2D eigenvalue weighted by molar-refractivity contribution is 0.0698. The van der Waals surface area contributed by atoms with Crippen LogP contribution in [0.25, 0.3) is 0 Å². The molecule has 1 aromatic carbocycles. The van der Waals surface area contributed by atoms with Gasteiger partial charge in [-0.2, -0.15) is 0 Å². The van der Waals surface area contributed by atoms with Crippen molar-refractivity contribution < 1.29 is 13.3 Å². The lowest BCUT2D eigenvalue weighted by Crippen LogP contribution is -2.58. The van der Waals surface area contributed by atoms with Gasteiger partial charge in [-0.1, -0.05) is 57.7 Å². The van der Waals surface area contributed by atoms with Crippen LogP contribution in [-0.2, 0) is 13.3 Å². The lowest BCUT2D eigenvalue weighted by Gasteiger charge is -2.31. The normalized spacial score (nSPS) is 11.9. The highest BCUT2D eigenvalue weighted by Crippen LogP contribution is 2.18. The largest absolute Gasteiger partial charge is 0.538 e. The standard InChI is InChI=1S/C19H33IO3Si/c1-5-8-13-21-24(22-14-9-6-2,23-15-10-7-3)19-16-17(4)11-12-18(19)20/h11-12,16H,5-10,13-15H2,1-4H3. The van der Waals surface area contributed by atoms with Crippen LogP contribution in [0, 0.1) is 10.5 Å². The zero-order valence-electron chi connectivity index (χ0n) is 15.7. The molecule has 24 heavy (non-hydrogen) atoms. The van der Waals surface area contributed by atoms with Gasteiger partial charge in [-0.15, -0.1) is 0 Å². The van der Waals surface area contributed by atoms with E-state index in [0.717, 1.165) is 43.7 Å². The van der Waals surface area contributed by atoms with E-state index in [9.17, 15) is 0 Å². The first-order chi connectivity index (χ1) is 11.6. The maximum absolute atomic E-state index is 6.37. The van der Waals surface area contributed by atoms with Crippen molar-refractivity contribution >= 4 is 36.6 Å². The molecule has 0 bridgehead atoms. The maximum Gasteiger partial charge on any atom is 0.538 e. The summed E-state index contributed by atoms with van der Waals surface area (Å²) < 4.78 is 20.3. The van der Waals surface area contributed by atoms with E-state index < -0.39 is 8.80 Å². The van der Waals surface area contributed by atoms with Crippen LogP contribution >= 0.6 is 22.6 Å². The summed E-state index contributed by atoms with van der Waals surface area (Å²) in [6.45, 7) is 10.8. The highest BCUT2D eigenvalue weighted by atomic mass is 127. The van der Waals surface area contributed by atoms with Crippen LogP contribution in [0.1, 0.15) is 64.9 Å². The fourth-order valence-electron chi connectivity index (χ4n) is 2.28. The van der Waals surface area contributed by atoms with Gasteiger partial charge in [0.05, 0.1) is 0 Å². The highest BCUT2D eigenvalue weighted by Gasteiger charge is 2.45. The van der Waals surface area contributed by atoms with Crippen LogP contribution in [0.2, 0.25) is 0 Å². The van der Waals surface area contributed by atoms with E-state index in [1.54, 1.807) is 0 Å². The van der Waals surface area contributed by atoms with Crippen molar-refractivity contribution in [3.05, 3.63) is 27.3 Å². The first-order valence-corrected chi connectivity index (χ1v) is 12.1. The van der Waals surface area contributed by atoms with Crippen LogP contribution in [0.15, 0.2) is 18.2 Å². The Bertz CT molecular complexity index is 441. The predicted octanol–water partition coefficient (Wildman–Crippen LogP) is 5.20. The fourth-order valence-corrected chi connectivity index (χ4v) is 6.35. The zero-order valence-corrected chi connectivity index (χ0v) is 18.9. The van der Waals surface area contributed by atoms with E-state index in [-0.39, 0.29) is 0 Å². The molecule has 0 aliphatic carbocycles. The number of hydrogen-bond donors (Lipinski definition) is 0. The Labute approximate surface area is 163 Å². The Morgan fingerprint density at radius 2 is 1.29 bits per heavy atom. The van der Waals surface area contributed by atoms with Gasteiger partial charge in [-0.3, -0.25) is 0 Å². The summed E-state index contributed by atoms with van der Waals surface area (Å²) in [4.78, 5) is 0. The van der Waals surface area contributed by atoms with E-state index in [1.807, 2.05) is 0 Å². The minimum atomic E-state index is -2.87. The molecule has 0 radical (unpaired) electrons. The third-order valence-electron chi connectivity index (χ3n) is 3.82. The summed E-state index contributed by atoms with van der Waals surface area (Å²) in [6.07, 6.45) is 6.43. The van der Waals surface area contributed by atoms with Crippen molar-refractivity contribution in [1.82, 2.24) is 0 Å². The van der Waals surface area contributed by atoms with Gasteiger partial charge in [0, 0.05) is 28.6 Å². The molecule has 138 valence electrons. The van der Waals surface area contributed by atoms with Crippen molar-refractivity contribution in [3.8, 4) is 0 Å². The lowest BCUT2D eigenvalue weighted by atomic mass is 10.2. The van der Waals surface area contributed by atoms with E-state index in [1.165, 1.54) is 9.13 Å². The molecule has 0 saturated carbocycles. The van der Waals surface area contributed by atoms with Gasteiger partial charge in [-0.25, -0.2) is 0 Å². The first kappa shape index (κ1) is 22.1. The zero-order chi connectivity index (χ0) is 17.8. The van der Waals surface area contributed by atoms with Crippen LogP contribution in [0.3, 0.4) is 0 Å². The molecule has 0 aliphatic rings. The maximum atomic E-state index is 6.37. The van der Waals surface area contributed by atoms with Crippen LogP contribution in [0.5, 0.6) is 0 Å². The van der Waals surface area contributed by atoms with Crippen LogP contribution in [0.4, 0.5) is 0 Å². The Kier molecular flexibility index (Phi) is 11.4. The van der Waals surface area contributed by atoms with E-state index >= 15 is 0 Å². The smallest absolute Gasteiger partial charge is 0.370 e. The van der Waals surface area contributed by atoms with Gasteiger partial charge in [0.25, 0.3) is 0 Å². The van der Waals surface area contributed by atoms with Crippen molar-refractivity contribution in [1.29, 1.82) is 0 Å². The summed E-state index contributed by atoms with van der Waals surface area (Å²) in [6, 6.07) is 6.47. The Morgan fingerprint density at radius 1 is 0.833 bits per heavy atom. The summed E-state index contributed by atoms with van der Waals surface area (Å²) in [5, 5.41) is 1.13. The first-order valence-electron chi connectivity index (χ1n) is 9.28. The SMILES string of the molecule is CCCCO[Si](OCCCC)(OCCCC)c1cc(C)ccc1I. The minimum absolute atomic E-state index is 0.699.